The predicted molar refractivity (Wildman–Crippen MR) is 110 cm³/mol. The highest BCUT2D eigenvalue weighted by Gasteiger charge is 2.08. The first-order chi connectivity index (χ1) is 12.0. The van der Waals surface area contributed by atoms with E-state index in [-0.39, 0.29) is 17.4 Å². The second-order valence-corrected chi connectivity index (χ2v) is 8.88. The zero-order valence-electron chi connectivity index (χ0n) is 12.6. The SMILES string of the molecule is O=C(CSc1nc2ccccc2s1)NN=Cc1cc(Br)cc(Br)c1O. The summed E-state index contributed by atoms with van der Waals surface area (Å²) in [6.45, 7) is 0. The van der Waals surface area contributed by atoms with Crippen molar-refractivity contribution < 1.29 is 9.90 Å². The highest BCUT2D eigenvalue weighted by molar-refractivity contribution is 9.11. The Kier molecular flexibility index (Phi) is 6.10. The van der Waals surface area contributed by atoms with Gasteiger partial charge >= 0.3 is 0 Å². The molecule has 0 bridgehead atoms. The van der Waals surface area contributed by atoms with E-state index < -0.39 is 0 Å². The Morgan fingerprint density at radius 1 is 1.36 bits per heavy atom. The van der Waals surface area contributed by atoms with E-state index in [1.54, 1.807) is 23.5 Å². The molecule has 0 aliphatic carbocycles. The molecule has 1 amide bonds. The standard InChI is InChI=1S/C16H11Br2N3O2S2/c17-10-5-9(15(23)11(18)6-10)7-19-21-14(22)8-24-16-20-12-3-1-2-4-13(12)25-16/h1-7,23H,8H2,(H,21,22). The molecule has 0 fully saturated rings. The number of phenols is 1. The Bertz CT molecular complexity index is 927. The van der Waals surface area contributed by atoms with Gasteiger partial charge in [-0.1, -0.05) is 39.8 Å². The lowest BCUT2D eigenvalue weighted by Gasteiger charge is -2.03. The Hall–Kier alpha value is -1.42. The van der Waals surface area contributed by atoms with E-state index in [0.717, 1.165) is 19.0 Å². The smallest absolute Gasteiger partial charge is 0.250 e. The van der Waals surface area contributed by atoms with Gasteiger partial charge in [0.05, 0.1) is 26.7 Å². The van der Waals surface area contributed by atoms with Gasteiger partial charge < -0.3 is 5.11 Å². The summed E-state index contributed by atoms with van der Waals surface area (Å²) in [5.74, 6) is 0.0322. The number of thioether (sulfide) groups is 1. The molecular weight excluding hydrogens is 490 g/mol. The molecule has 1 aromatic heterocycles. The summed E-state index contributed by atoms with van der Waals surface area (Å²) in [6.07, 6.45) is 1.39. The molecule has 0 unspecified atom stereocenters. The van der Waals surface area contributed by atoms with E-state index in [1.807, 2.05) is 24.3 Å². The number of aromatic hydroxyl groups is 1. The largest absolute Gasteiger partial charge is 0.506 e. The topological polar surface area (TPSA) is 74.6 Å². The van der Waals surface area contributed by atoms with E-state index >= 15 is 0 Å². The number of benzene rings is 2. The second-order valence-electron chi connectivity index (χ2n) is 4.85. The number of halogens is 2. The number of aromatic nitrogens is 1. The van der Waals surface area contributed by atoms with Crippen molar-refractivity contribution in [1.82, 2.24) is 10.4 Å². The number of phenolic OH excluding ortho intramolecular Hbond substituents is 1. The molecule has 5 nitrogen and oxygen atoms in total. The minimum Gasteiger partial charge on any atom is -0.506 e. The Morgan fingerprint density at radius 3 is 2.96 bits per heavy atom. The van der Waals surface area contributed by atoms with E-state index in [4.69, 9.17) is 0 Å². The van der Waals surface area contributed by atoms with Crippen molar-refractivity contribution in [2.24, 2.45) is 5.10 Å². The first kappa shape index (κ1) is 18.4. The Labute approximate surface area is 168 Å². The van der Waals surface area contributed by atoms with Gasteiger partial charge in [-0.25, -0.2) is 10.4 Å². The maximum atomic E-state index is 11.9. The number of hydrogen-bond acceptors (Lipinski definition) is 6. The van der Waals surface area contributed by atoms with Crippen LogP contribution in [0.5, 0.6) is 5.75 Å². The van der Waals surface area contributed by atoms with Crippen molar-refractivity contribution in [2.75, 3.05) is 5.75 Å². The summed E-state index contributed by atoms with van der Waals surface area (Å²) in [7, 11) is 0. The summed E-state index contributed by atoms with van der Waals surface area (Å²) >= 11 is 9.50. The van der Waals surface area contributed by atoms with Crippen LogP contribution in [-0.2, 0) is 4.79 Å². The van der Waals surface area contributed by atoms with Gasteiger partial charge in [-0.2, -0.15) is 5.10 Å². The fourth-order valence-electron chi connectivity index (χ4n) is 1.93. The lowest BCUT2D eigenvalue weighted by atomic mass is 10.2. The van der Waals surface area contributed by atoms with Crippen LogP contribution in [0.4, 0.5) is 0 Å². The van der Waals surface area contributed by atoms with Gasteiger partial charge in [0, 0.05) is 10.0 Å². The van der Waals surface area contributed by atoms with Crippen molar-refractivity contribution in [1.29, 1.82) is 0 Å². The molecule has 2 aromatic carbocycles. The quantitative estimate of drug-likeness (QED) is 0.300. The van der Waals surface area contributed by atoms with Gasteiger partial charge in [0.2, 0.25) is 0 Å². The van der Waals surface area contributed by atoms with Crippen molar-refractivity contribution in [3.05, 3.63) is 50.9 Å². The predicted octanol–water partition coefficient (Wildman–Crippen LogP) is 4.77. The fraction of sp³-hybridized carbons (Fsp3) is 0.0625. The van der Waals surface area contributed by atoms with E-state index in [2.05, 4.69) is 47.4 Å². The van der Waals surface area contributed by atoms with Crippen LogP contribution >= 0.6 is 55.0 Å². The van der Waals surface area contributed by atoms with Crippen molar-refractivity contribution in [3.63, 3.8) is 0 Å². The van der Waals surface area contributed by atoms with Gasteiger partial charge in [0.1, 0.15) is 5.75 Å². The van der Waals surface area contributed by atoms with Gasteiger partial charge in [-0.3, -0.25) is 4.79 Å². The van der Waals surface area contributed by atoms with Crippen LogP contribution < -0.4 is 5.43 Å². The summed E-state index contributed by atoms with van der Waals surface area (Å²) in [6, 6.07) is 11.3. The third-order valence-corrected chi connectivity index (χ3v) is 6.29. The number of thiazole rings is 1. The van der Waals surface area contributed by atoms with Gasteiger partial charge in [0.15, 0.2) is 4.34 Å². The zero-order chi connectivity index (χ0) is 17.8. The molecule has 0 atom stereocenters. The molecule has 0 aliphatic rings. The van der Waals surface area contributed by atoms with Crippen LogP contribution in [0.2, 0.25) is 0 Å². The monoisotopic (exact) mass is 499 g/mol. The average Bonchev–Trinajstić information content (AvgIpc) is 3.00. The number of amides is 1. The number of fused-ring (bicyclic) bond motifs is 1. The fourth-order valence-corrected chi connectivity index (χ4v) is 5.05. The number of carbonyl (C=O) groups excluding carboxylic acids is 1. The average molecular weight is 501 g/mol. The lowest BCUT2D eigenvalue weighted by molar-refractivity contribution is -0.118. The molecule has 0 saturated heterocycles. The number of hydrogen-bond donors (Lipinski definition) is 2. The van der Waals surface area contributed by atoms with Gasteiger partial charge in [0.25, 0.3) is 5.91 Å². The number of carbonyl (C=O) groups is 1. The molecule has 128 valence electrons. The Morgan fingerprint density at radius 2 is 2.16 bits per heavy atom. The minimum absolute atomic E-state index is 0.0602. The number of para-hydroxylation sites is 1. The highest BCUT2D eigenvalue weighted by atomic mass is 79.9. The molecule has 0 aliphatic heterocycles. The van der Waals surface area contributed by atoms with Crippen molar-refractivity contribution in [2.45, 2.75) is 4.34 Å². The summed E-state index contributed by atoms with van der Waals surface area (Å²) in [5, 5.41) is 13.8. The maximum Gasteiger partial charge on any atom is 0.250 e. The number of hydrazone groups is 1. The normalized spacial score (nSPS) is 11.3. The van der Waals surface area contributed by atoms with Gasteiger partial charge in [-0.05, 0) is 40.2 Å². The highest BCUT2D eigenvalue weighted by Crippen LogP contribution is 2.31. The molecule has 3 rings (SSSR count). The van der Waals surface area contributed by atoms with Crippen molar-refractivity contribution >= 4 is 77.3 Å². The minimum atomic E-state index is -0.242. The van der Waals surface area contributed by atoms with Gasteiger partial charge in [-0.15, -0.1) is 11.3 Å². The molecule has 0 saturated carbocycles. The van der Waals surface area contributed by atoms with Crippen molar-refractivity contribution in [3.8, 4) is 5.75 Å². The second kappa shape index (κ2) is 8.31. The third-order valence-electron chi connectivity index (χ3n) is 3.05. The molecule has 0 spiro atoms. The molecule has 1 heterocycles. The van der Waals surface area contributed by atoms with E-state index in [0.29, 0.717) is 10.0 Å². The van der Waals surface area contributed by atoms with Crippen LogP contribution in [-0.4, -0.2) is 28.0 Å². The van der Waals surface area contributed by atoms with Crippen LogP contribution in [0.1, 0.15) is 5.56 Å². The first-order valence-electron chi connectivity index (χ1n) is 7.01. The summed E-state index contributed by atoms with van der Waals surface area (Å²) < 4.78 is 3.27. The van der Waals surface area contributed by atoms with Crippen LogP contribution in [0.25, 0.3) is 10.2 Å². The number of nitrogens with zero attached hydrogens (tertiary/aromatic N) is 2. The summed E-state index contributed by atoms with van der Waals surface area (Å²) in [4.78, 5) is 16.4. The Balaban J connectivity index is 1.56. The number of nitrogens with one attached hydrogen (secondary N) is 1. The summed E-state index contributed by atoms with van der Waals surface area (Å²) in [5.41, 5.74) is 3.87. The molecule has 2 N–H and O–H groups in total. The van der Waals surface area contributed by atoms with E-state index in [9.17, 15) is 9.90 Å². The molecule has 25 heavy (non-hydrogen) atoms. The zero-order valence-corrected chi connectivity index (χ0v) is 17.4. The molecule has 9 heteroatoms. The molecule has 3 aromatic rings. The third kappa shape index (κ3) is 4.81. The first-order valence-corrected chi connectivity index (χ1v) is 10.4. The maximum absolute atomic E-state index is 11.9. The van der Waals surface area contributed by atoms with Crippen LogP contribution in [0, 0.1) is 0 Å². The lowest BCUT2D eigenvalue weighted by Crippen LogP contribution is -2.19. The molecule has 0 radical (unpaired) electrons. The van der Waals surface area contributed by atoms with Crippen LogP contribution in [0.3, 0.4) is 0 Å². The molecular formula is C16H11Br2N3O2S2. The van der Waals surface area contributed by atoms with Crippen LogP contribution in [0.15, 0.2) is 54.8 Å². The van der Waals surface area contributed by atoms with E-state index in [1.165, 1.54) is 18.0 Å². The number of rotatable bonds is 5.